The number of fused-ring (bicyclic) bond motifs is 1. The van der Waals surface area contributed by atoms with Crippen molar-refractivity contribution in [3.05, 3.63) is 35.4 Å². The maximum Gasteiger partial charge on any atom is 0.243 e. The Kier molecular flexibility index (Phi) is 6.61. The second-order valence-corrected chi connectivity index (χ2v) is 9.38. The quantitative estimate of drug-likeness (QED) is 0.589. The van der Waals surface area contributed by atoms with Crippen LogP contribution in [0.25, 0.3) is 0 Å². The maximum absolute atomic E-state index is 12.1. The van der Waals surface area contributed by atoms with Crippen molar-refractivity contribution in [2.24, 2.45) is 4.99 Å². The minimum Gasteiger partial charge on any atom is -0.375 e. The molecule has 0 bridgehead atoms. The number of carbonyl (C=O) groups excluding carboxylic acids is 1. The van der Waals surface area contributed by atoms with Crippen molar-refractivity contribution in [2.45, 2.75) is 75.5 Å². The normalized spacial score (nSPS) is 25.6. The lowest BCUT2D eigenvalue weighted by Gasteiger charge is -2.39. The summed E-state index contributed by atoms with van der Waals surface area (Å²) in [5.41, 5.74) is 2.93. The van der Waals surface area contributed by atoms with Gasteiger partial charge in [0.1, 0.15) is 6.54 Å². The van der Waals surface area contributed by atoms with Crippen molar-refractivity contribution in [1.29, 1.82) is 0 Å². The Hall–Kier alpha value is -2.08. The smallest absolute Gasteiger partial charge is 0.243 e. The number of likely N-dealkylation sites (N-methyl/N-ethyl adjacent to an activating group) is 1. The molecule has 1 amide bonds. The van der Waals surface area contributed by atoms with E-state index < -0.39 is 0 Å². The Balaban J connectivity index is 1.43. The molecule has 1 aliphatic heterocycles. The Labute approximate surface area is 180 Å². The van der Waals surface area contributed by atoms with Crippen LogP contribution in [0.4, 0.5) is 0 Å². The molecule has 0 aromatic heterocycles. The maximum atomic E-state index is 12.1. The van der Waals surface area contributed by atoms with Gasteiger partial charge in [-0.1, -0.05) is 37.1 Å². The van der Waals surface area contributed by atoms with Crippen LogP contribution in [0, 0.1) is 0 Å². The number of aliphatic imine (C=N–C) groups is 1. The van der Waals surface area contributed by atoms with E-state index in [4.69, 9.17) is 4.74 Å². The van der Waals surface area contributed by atoms with Crippen LogP contribution < -0.4 is 10.6 Å². The molecule has 1 aromatic rings. The SMILES string of the molecule is CN(C)C(=O)CN=C(NC1CCc2ccccc2C1)NC1CCOC2(CCCC2)C1. The van der Waals surface area contributed by atoms with Gasteiger partial charge >= 0.3 is 0 Å². The lowest BCUT2D eigenvalue weighted by Crippen LogP contribution is -2.53. The fraction of sp³-hybridized carbons (Fsp3) is 0.667. The van der Waals surface area contributed by atoms with Crippen molar-refractivity contribution in [3.8, 4) is 0 Å². The number of carbonyl (C=O) groups is 1. The molecular formula is C24H36N4O2. The molecule has 164 valence electrons. The zero-order chi connectivity index (χ0) is 21.0. The lowest BCUT2D eigenvalue weighted by atomic mass is 9.88. The highest BCUT2D eigenvalue weighted by molar-refractivity contribution is 5.85. The first-order valence-corrected chi connectivity index (χ1v) is 11.5. The summed E-state index contributed by atoms with van der Waals surface area (Å²) in [6, 6.07) is 9.38. The molecule has 1 spiro atoms. The molecule has 2 unspecified atom stereocenters. The highest BCUT2D eigenvalue weighted by Crippen LogP contribution is 2.39. The fourth-order valence-corrected chi connectivity index (χ4v) is 5.15. The van der Waals surface area contributed by atoms with E-state index in [0.29, 0.717) is 12.1 Å². The standard InChI is InChI=1S/C24H36N4O2/c1-28(2)22(29)17-25-23(26-20-10-9-18-7-3-4-8-19(18)15-20)27-21-11-14-30-24(16-21)12-5-6-13-24/h3-4,7-8,20-21H,5-6,9-17H2,1-2H3,(H2,25,26,27). The molecule has 1 aromatic carbocycles. The van der Waals surface area contributed by atoms with E-state index in [9.17, 15) is 4.79 Å². The first-order valence-electron chi connectivity index (χ1n) is 11.5. The van der Waals surface area contributed by atoms with E-state index in [2.05, 4.69) is 39.9 Å². The van der Waals surface area contributed by atoms with Crippen LogP contribution in [0.1, 0.15) is 56.1 Å². The molecule has 4 rings (SSSR count). The zero-order valence-electron chi connectivity index (χ0n) is 18.5. The topological polar surface area (TPSA) is 66.0 Å². The van der Waals surface area contributed by atoms with Gasteiger partial charge in [0, 0.05) is 32.8 Å². The summed E-state index contributed by atoms with van der Waals surface area (Å²) in [5, 5.41) is 7.31. The second-order valence-electron chi connectivity index (χ2n) is 9.38. The van der Waals surface area contributed by atoms with Crippen LogP contribution in [0.15, 0.2) is 29.3 Å². The third-order valence-corrected chi connectivity index (χ3v) is 6.91. The number of aryl methyl sites for hydroxylation is 1. The zero-order valence-corrected chi connectivity index (χ0v) is 18.5. The van der Waals surface area contributed by atoms with Crippen LogP contribution in [0.2, 0.25) is 0 Å². The minimum atomic E-state index is 0.0179. The molecule has 2 atom stereocenters. The van der Waals surface area contributed by atoms with Crippen LogP contribution in [-0.4, -0.2) is 61.7 Å². The van der Waals surface area contributed by atoms with Crippen molar-refractivity contribution in [2.75, 3.05) is 27.2 Å². The number of amides is 1. The van der Waals surface area contributed by atoms with Gasteiger partial charge in [0.05, 0.1) is 5.60 Å². The van der Waals surface area contributed by atoms with Gasteiger partial charge in [-0.15, -0.1) is 0 Å². The molecule has 1 saturated carbocycles. The van der Waals surface area contributed by atoms with E-state index in [1.54, 1.807) is 19.0 Å². The van der Waals surface area contributed by atoms with Gasteiger partial charge in [-0.05, 0) is 56.1 Å². The first kappa shape index (κ1) is 21.2. The molecule has 30 heavy (non-hydrogen) atoms. The minimum absolute atomic E-state index is 0.0179. The van der Waals surface area contributed by atoms with Crippen molar-refractivity contribution < 1.29 is 9.53 Å². The number of hydrogen-bond acceptors (Lipinski definition) is 3. The number of nitrogens with one attached hydrogen (secondary N) is 2. The van der Waals surface area contributed by atoms with Crippen molar-refractivity contribution >= 4 is 11.9 Å². The Morgan fingerprint density at radius 1 is 1.13 bits per heavy atom. The largest absolute Gasteiger partial charge is 0.375 e. The molecule has 6 heteroatoms. The average Bonchev–Trinajstić information content (AvgIpc) is 3.19. The van der Waals surface area contributed by atoms with Gasteiger partial charge < -0.3 is 20.3 Å². The third kappa shape index (κ3) is 5.15. The molecular weight excluding hydrogens is 376 g/mol. The second kappa shape index (κ2) is 9.38. The molecule has 2 fully saturated rings. The van der Waals surface area contributed by atoms with E-state index in [1.165, 1.54) is 36.8 Å². The fourth-order valence-electron chi connectivity index (χ4n) is 5.15. The Morgan fingerprint density at radius 3 is 2.63 bits per heavy atom. The van der Waals surface area contributed by atoms with Crippen LogP contribution in [0.3, 0.4) is 0 Å². The number of guanidine groups is 1. The van der Waals surface area contributed by atoms with Gasteiger partial charge in [-0.3, -0.25) is 4.79 Å². The number of ether oxygens (including phenoxy) is 1. The van der Waals surface area contributed by atoms with Crippen molar-refractivity contribution in [3.63, 3.8) is 0 Å². The van der Waals surface area contributed by atoms with Gasteiger partial charge in [0.2, 0.25) is 5.91 Å². The molecule has 2 aliphatic carbocycles. The van der Waals surface area contributed by atoms with Gasteiger partial charge in [-0.25, -0.2) is 4.99 Å². The van der Waals surface area contributed by atoms with Gasteiger partial charge in [-0.2, -0.15) is 0 Å². The van der Waals surface area contributed by atoms with Crippen LogP contribution >= 0.6 is 0 Å². The third-order valence-electron chi connectivity index (χ3n) is 6.91. The Morgan fingerprint density at radius 2 is 1.87 bits per heavy atom. The van der Waals surface area contributed by atoms with Crippen LogP contribution in [0.5, 0.6) is 0 Å². The number of hydrogen-bond donors (Lipinski definition) is 2. The molecule has 6 nitrogen and oxygen atoms in total. The highest BCUT2D eigenvalue weighted by atomic mass is 16.5. The molecule has 1 heterocycles. The summed E-state index contributed by atoms with van der Waals surface area (Å²) < 4.78 is 6.20. The monoisotopic (exact) mass is 412 g/mol. The molecule has 1 saturated heterocycles. The number of rotatable bonds is 4. The van der Waals surface area contributed by atoms with Gasteiger partial charge in [0.15, 0.2) is 5.96 Å². The van der Waals surface area contributed by atoms with Gasteiger partial charge in [0.25, 0.3) is 0 Å². The predicted octanol–water partition coefficient (Wildman–Crippen LogP) is 2.66. The first-order chi connectivity index (χ1) is 14.5. The Bertz CT molecular complexity index is 770. The molecule has 3 aliphatic rings. The van der Waals surface area contributed by atoms with E-state index >= 15 is 0 Å². The summed E-state index contributed by atoms with van der Waals surface area (Å²) in [5.74, 6) is 0.791. The van der Waals surface area contributed by atoms with Crippen molar-refractivity contribution in [1.82, 2.24) is 15.5 Å². The summed E-state index contributed by atoms with van der Waals surface area (Å²) in [7, 11) is 3.55. The molecule has 2 N–H and O–H groups in total. The van der Waals surface area contributed by atoms with E-state index in [-0.39, 0.29) is 18.1 Å². The average molecular weight is 413 g/mol. The number of nitrogens with zero attached hydrogens (tertiary/aromatic N) is 2. The van der Waals surface area contributed by atoms with E-state index in [0.717, 1.165) is 44.7 Å². The number of benzene rings is 1. The highest BCUT2D eigenvalue weighted by Gasteiger charge is 2.40. The summed E-state index contributed by atoms with van der Waals surface area (Å²) in [6.45, 7) is 0.971. The summed E-state index contributed by atoms with van der Waals surface area (Å²) >= 11 is 0. The molecule has 0 radical (unpaired) electrons. The van der Waals surface area contributed by atoms with E-state index in [1.807, 2.05) is 0 Å². The predicted molar refractivity (Wildman–Crippen MR) is 120 cm³/mol. The summed E-state index contributed by atoms with van der Waals surface area (Å²) in [6.07, 6.45) is 10.1. The van der Waals surface area contributed by atoms with Crippen LogP contribution in [-0.2, 0) is 22.4 Å². The lowest BCUT2D eigenvalue weighted by molar-refractivity contribution is -0.127. The summed E-state index contributed by atoms with van der Waals surface area (Å²) in [4.78, 5) is 18.4.